The third kappa shape index (κ3) is 3.11. The van der Waals surface area contributed by atoms with Crippen LogP contribution in [-0.2, 0) is 0 Å². The summed E-state index contributed by atoms with van der Waals surface area (Å²) in [6.07, 6.45) is 0. The maximum atomic E-state index is 3.80. The standard InChI is InChI=1S/C43H29BN2Si/c1-26-24-32(31-16-10-15-30-27-12-2-5-18-34(27)45-42(30)31)41-36(25-26)46-35-19-6-9-22-39(35)47(40-23-11-17-33(44-41)43(40)46)37-20-7-3-13-28(37)29-14-4-8-21-38(29)47/h2-25,44-45H,1H3. The van der Waals surface area contributed by atoms with Crippen molar-refractivity contribution in [3.63, 3.8) is 0 Å². The monoisotopic (exact) mass is 612 g/mol. The maximum absolute atomic E-state index is 3.80. The summed E-state index contributed by atoms with van der Waals surface area (Å²) < 4.78 is 0. The normalized spacial score (nSPS) is 14.4. The zero-order valence-electron chi connectivity index (χ0n) is 26.0. The van der Waals surface area contributed by atoms with Gasteiger partial charge in [0.2, 0.25) is 0 Å². The average Bonchev–Trinajstić information content (AvgIpc) is 3.64. The highest BCUT2D eigenvalue weighted by molar-refractivity contribution is 7.23. The lowest BCUT2D eigenvalue weighted by Crippen LogP contribution is -2.76. The third-order valence-electron chi connectivity index (χ3n) is 11.1. The summed E-state index contributed by atoms with van der Waals surface area (Å²) in [6.45, 7) is 2.26. The van der Waals surface area contributed by atoms with E-state index < -0.39 is 8.07 Å². The van der Waals surface area contributed by atoms with Gasteiger partial charge in [0.15, 0.2) is 15.4 Å². The van der Waals surface area contributed by atoms with Crippen LogP contribution in [0.25, 0.3) is 44.1 Å². The van der Waals surface area contributed by atoms with Crippen molar-refractivity contribution in [2.24, 2.45) is 0 Å². The van der Waals surface area contributed by atoms with Crippen molar-refractivity contribution in [1.29, 1.82) is 0 Å². The predicted molar refractivity (Wildman–Crippen MR) is 203 cm³/mol. The molecule has 0 saturated carbocycles. The number of fused-ring (bicyclic) bond motifs is 14. The third-order valence-corrected chi connectivity index (χ3v) is 16.0. The molecule has 4 heterocycles. The second kappa shape index (κ2) is 9.03. The molecule has 0 unspecified atom stereocenters. The molecule has 3 aliphatic rings. The maximum Gasteiger partial charge on any atom is 0.198 e. The molecule has 0 amide bonds. The fourth-order valence-corrected chi connectivity index (χ4v) is 14.9. The lowest BCUT2D eigenvalue weighted by atomic mass is 9.58. The molecule has 1 spiro atoms. The zero-order valence-corrected chi connectivity index (χ0v) is 27.0. The predicted octanol–water partition coefficient (Wildman–Crippen LogP) is 6.14. The lowest BCUT2D eigenvalue weighted by Gasteiger charge is -2.47. The van der Waals surface area contributed by atoms with Gasteiger partial charge >= 0.3 is 0 Å². The molecule has 7 aromatic carbocycles. The van der Waals surface area contributed by atoms with E-state index in [0.717, 1.165) is 7.28 Å². The highest BCUT2D eigenvalue weighted by atomic mass is 28.3. The van der Waals surface area contributed by atoms with Crippen LogP contribution in [0.2, 0.25) is 0 Å². The van der Waals surface area contributed by atoms with Crippen molar-refractivity contribution in [1.82, 2.24) is 4.98 Å². The quantitative estimate of drug-likeness (QED) is 0.221. The zero-order chi connectivity index (χ0) is 30.9. The van der Waals surface area contributed by atoms with Crippen LogP contribution in [0.1, 0.15) is 5.56 Å². The Hall–Kier alpha value is -5.58. The Morgan fingerprint density at radius 1 is 0.532 bits per heavy atom. The Bertz CT molecular complexity index is 2610. The fourth-order valence-electron chi connectivity index (χ4n) is 9.33. The van der Waals surface area contributed by atoms with Gasteiger partial charge in [0, 0.05) is 38.9 Å². The minimum Gasteiger partial charge on any atom is -0.354 e. The van der Waals surface area contributed by atoms with Gasteiger partial charge in [-0.15, -0.1) is 0 Å². The number of nitrogens with zero attached hydrogens (tertiary/aromatic N) is 1. The second-order valence-electron chi connectivity index (χ2n) is 13.4. The molecule has 11 rings (SSSR count). The number of aromatic nitrogens is 1. The largest absolute Gasteiger partial charge is 0.354 e. The number of rotatable bonds is 1. The Balaban J connectivity index is 1.23. The van der Waals surface area contributed by atoms with Gasteiger partial charge in [-0.3, -0.25) is 0 Å². The molecular formula is C43H29BN2Si. The first-order valence-electron chi connectivity index (χ1n) is 16.6. The summed E-state index contributed by atoms with van der Waals surface area (Å²) >= 11 is 0. The molecule has 47 heavy (non-hydrogen) atoms. The van der Waals surface area contributed by atoms with Gasteiger partial charge in [-0.1, -0.05) is 133 Å². The van der Waals surface area contributed by atoms with Crippen LogP contribution < -0.4 is 36.6 Å². The van der Waals surface area contributed by atoms with Gasteiger partial charge in [0.25, 0.3) is 0 Å². The van der Waals surface area contributed by atoms with Gasteiger partial charge in [0.1, 0.15) is 0 Å². The van der Waals surface area contributed by atoms with Crippen molar-refractivity contribution in [2.75, 3.05) is 4.90 Å². The van der Waals surface area contributed by atoms with Crippen LogP contribution in [0.15, 0.2) is 146 Å². The van der Waals surface area contributed by atoms with E-state index >= 15 is 0 Å². The highest BCUT2D eigenvalue weighted by Crippen LogP contribution is 2.43. The van der Waals surface area contributed by atoms with Crippen molar-refractivity contribution in [2.45, 2.75) is 6.92 Å². The average molecular weight is 613 g/mol. The SMILES string of the molecule is Cc1cc(-c2cccc3c2[nH]c2ccccc23)c2c(c1)N1c3ccccc3[Si]3(c4ccccc4-c4ccccc43)c3cccc(c31)B2. The van der Waals surface area contributed by atoms with Gasteiger partial charge in [-0.25, -0.2) is 0 Å². The minimum absolute atomic E-state index is 0.900. The summed E-state index contributed by atoms with van der Waals surface area (Å²) in [5.74, 6) is 0. The number of aromatic amines is 1. The molecule has 0 fully saturated rings. The van der Waals surface area contributed by atoms with Crippen molar-refractivity contribution >= 4 is 85.9 Å². The molecular weight excluding hydrogens is 583 g/mol. The molecule has 0 radical (unpaired) electrons. The molecule has 8 aromatic rings. The van der Waals surface area contributed by atoms with Gasteiger partial charge in [-0.2, -0.15) is 0 Å². The molecule has 1 N–H and O–H groups in total. The van der Waals surface area contributed by atoms with E-state index in [9.17, 15) is 0 Å². The first-order valence-corrected chi connectivity index (χ1v) is 18.6. The number of aryl methyl sites for hydroxylation is 1. The lowest BCUT2D eigenvalue weighted by molar-refractivity contribution is 1.29. The van der Waals surface area contributed by atoms with E-state index in [2.05, 4.69) is 162 Å². The van der Waals surface area contributed by atoms with Crippen molar-refractivity contribution < 1.29 is 0 Å². The number of H-pyrrole nitrogens is 1. The van der Waals surface area contributed by atoms with Crippen LogP contribution in [0.5, 0.6) is 0 Å². The van der Waals surface area contributed by atoms with Crippen LogP contribution in [0.4, 0.5) is 17.1 Å². The Morgan fingerprint density at radius 3 is 2.00 bits per heavy atom. The Kier molecular flexibility index (Phi) is 4.92. The van der Waals surface area contributed by atoms with Crippen LogP contribution in [0, 0.1) is 6.92 Å². The van der Waals surface area contributed by atoms with Crippen molar-refractivity contribution in [3.05, 3.63) is 151 Å². The molecule has 4 heteroatoms. The molecule has 2 nitrogen and oxygen atoms in total. The van der Waals surface area contributed by atoms with E-state index in [1.165, 1.54) is 98.4 Å². The Morgan fingerprint density at radius 2 is 1.17 bits per heavy atom. The number of anilines is 3. The Labute approximate surface area is 275 Å². The first kappa shape index (κ1) is 25.6. The van der Waals surface area contributed by atoms with E-state index in [1.807, 2.05) is 0 Å². The summed E-state index contributed by atoms with van der Waals surface area (Å²) in [5.41, 5.74) is 15.9. The topological polar surface area (TPSA) is 19.0 Å². The molecule has 0 aliphatic carbocycles. The van der Waals surface area contributed by atoms with Gasteiger partial charge < -0.3 is 9.88 Å². The van der Waals surface area contributed by atoms with Crippen molar-refractivity contribution in [3.8, 4) is 22.3 Å². The first-order chi connectivity index (χ1) is 23.2. The number of para-hydroxylation sites is 4. The summed E-state index contributed by atoms with van der Waals surface area (Å²) in [7, 11) is -1.67. The number of benzene rings is 7. The molecule has 1 aromatic heterocycles. The number of hydrogen-bond donors (Lipinski definition) is 1. The van der Waals surface area contributed by atoms with E-state index in [0.29, 0.717) is 0 Å². The minimum atomic E-state index is -2.57. The van der Waals surface area contributed by atoms with E-state index in [1.54, 1.807) is 0 Å². The van der Waals surface area contributed by atoms with E-state index in [-0.39, 0.29) is 0 Å². The summed E-state index contributed by atoms with van der Waals surface area (Å²) in [4.78, 5) is 6.42. The van der Waals surface area contributed by atoms with Gasteiger partial charge in [0.05, 0.1) is 5.52 Å². The highest BCUT2D eigenvalue weighted by Gasteiger charge is 2.54. The molecule has 3 aliphatic heterocycles. The number of nitrogens with one attached hydrogen (secondary N) is 1. The second-order valence-corrected chi connectivity index (χ2v) is 17.0. The molecule has 0 saturated heterocycles. The van der Waals surface area contributed by atoms with Gasteiger partial charge in [-0.05, 0) is 73.6 Å². The molecule has 0 bridgehead atoms. The smallest absolute Gasteiger partial charge is 0.198 e. The van der Waals surface area contributed by atoms with Crippen LogP contribution in [-0.4, -0.2) is 20.3 Å². The summed E-state index contributed by atoms with van der Waals surface area (Å²) in [5, 5.41) is 8.58. The fraction of sp³-hybridized carbons (Fsp3) is 0.0233. The van der Waals surface area contributed by atoms with Crippen LogP contribution >= 0.6 is 0 Å². The van der Waals surface area contributed by atoms with Crippen LogP contribution in [0.3, 0.4) is 0 Å². The van der Waals surface area contributed by atoms with E-state index in [4.69, 9.17) is 0 Å². The summed E-state index contributed by atoms with van der Waals surface area (Å²) in [6, 6.07) is 55.2. The molecule has 218 valence electrons. The number of hydrogen-bond acceptors (Lipinski definition) is 1. The molecule has 0 atom stereocenters.